The van der Waals surface area contributed by atoms with Crippen molar-refractivity contribution >= 4 is 17.5 Å². The van der Waals surface area contributed by atoms with Gasteiger partial charge in [0.2, 0.25) is 11.8 Å². The summed E-state index contributed by atoms with van der Waals surface area (Å²) in [6.07, 6.45) is -0.144. The fraction of sp³-hybridized carbons (Fsp3) is 0.300. The van der Waals surface area contributed by atoms with Crippen molar-refractivity contribution in [2.75, 3.05) is 11.4 Å². The van der Waals surface area contributed by atoms with Gasteiger partial charge in [-0.2, -0.15) is 0 Å². The van der Waals surface area contributed by atoms with Crippen molar-refractivity contribution in [3.05, 3.63) is 66.2 Å². The van der Waals surface area contributed by atoms with Crippen molar-refractivity contribution in [2.24, 2.45) is 5.92 Å². The largest absolute Gasteiger partial charge is 0.355 e. The van der Waals surface area contributed by atoms with Gasteiger partial charge in [0.05, 0.1) is 6.54 Å². The number of benzene rings is 2. The van der Waals surface area contributed by atoms with Crippen LogP contribution in [0.15, 0.2) is 60.7 Å². The van der Waals surface area contributed by atoms with Gasteiger partial charge in [0.25, 0.3) is 0 Å². The predicted octanol–water partition coefficient (Wildman–Crippen LogP) is 3.38. The van der Waals surface area contributed by atoms with Crippen LogP contribution < -0.4 is 10.2 Å². The Morgan fingerprint density at radius 2 is 1.54 bits per heavy atom. The van der Waals surface area contributed by atoms with Crippen molar-refractivity contribution in [3.8, 4) is 0 Å². The molecule has 0 heterocycles. The van der Waals surface area contributed by atoms with E-state index in [4.69, 9.17) is 0 Å². The van der Waals surface area contributed by atoms with Gasteiger partial charge in [-0.3, -0.25) is 9.59 Å². The molecule has 0 fully saturated rings. The lowest BCUT2D eigenvalue weighted by atomic mass is 10.1. The Bertz CT molecular complexity index is 654. The molecule has 2 aromatic carbocycles. The SMILES string of the molecule is CC(C)CNC(=O)CC(=O)N(Cc1ccccc1)c1ccccc1. The third-order valence-corrected chi connectivity index (χ3v) is 3.57. The van der Waals surface area contributed by atoms with Crippen molar-refractivity contribution in [1.82, 2.24) is 5.32 Å². The average Bonchev–Trinajstić information content (AvgIpc) is 2.59. The number of nitrogens with one attached hydrogen (secondary N) is 1. The van der Waals surface area contributed by atoms with E-state index >= 15 is 0 Å². The summed E-state index contributed by atoms with van der Waals surface area (Å²) in [6, 6.07) is 19.2. The molecule has 4 heteroatoms. The van der Waals surface area contributed by atoms with Gasteiger partial charge < -0.3 is 10.2 Å². The smallest absolute Gasteiger partial charge is 0.236 e. The molecule has 0 radical (unpaired) electrons. The first-order valence-corrected chi connectivity index (χ1v) is 8.22. The lowest BCUT2D eigenvalue weighted by Gasteiger charge is -2.23. The Morgan fingerprint density at radius 1 is 0.958 bits per heavy atom. The van der Waals surface area contributed by atoms with Gasteiger partial charge in [-0.1, -0.05) is 62.4 Å². The highest BCUT2D eigenvalue weighted by Gasteiger charge is 2.19. The lowest BCUT2D eigenvalue weighted by molar-refractivity contribution is -0.128. The minimum Gasteiger partial charge on any atom is -0.355 e. The molecule has 2 aromatic rings. The van der Waals surface area contributed by atoms with E-state index in [1.54, 1.807) is 4.90 Å². The van der Waals surface area contributed by atoms with Gasteiger partial charge in [0, 0.05) is 12.2 Å². The molecular formula is C20H24N2O2. The van der Waals surface area contributed by atoms with Gasteiger partial charge >= 0.3 is 0 Å². The van der Waals surface area contributed by atoms with Crippen LogP contribution in [0.5, 0.6) is 0 Å². The Kier molecular flexibility index (Phi) is 6.55. The van der Waals surface area contributed by atoms with Crippen molar-refractivity contribution < 1.29 is 9.59 Å². The number of para-hydroxylation sites is 1. The molecule has 0 unspecified atom stereocenters. The van der Waals surface area contributed by atoms with Gasteiger partial charge in [-0.15, -0.1) is 0 Å². The summed E-state index contributed by atoms with van der Waals surface area (Å²) in [5, 5.41) is 2.80. The summed E-state index contributed by atoms with van der Waals surface area (Å²) in [5.41, 5.74) is 1.82. The molecule has 0 saturated carbocycles. The number of amides is 2. The summed E-state index contributed by atoms with van der Waals surface area (Å²) in [7, 11) is 0. The lowest BCUT2D eigenvalue weighted by Crippen LogP contribution is -2.36. The molecule has 2 rings (SSSR count). The molecule has 0 aromatic heterocycles. The molecule has 0 spiro atoms. The minimum atomic E-state index is -0.234. The third-order valence-electron chi connectivity index (χ3n) is 3.57. The zero-order chi connectivity index (χ0) is 17.4. The third kappa shape index (κ3) is 5.54. The molecule has 0 aliphatic heterocycles. The maximum Gasteiger partial charge on any atom is 0.236 e. The summed E-state index contributed by atoms with van der Waals surface area (Å²) < 4.78 is 0. The highest BCUT2D eigenvalue weighted by molar-refractivity contribution is 6.04. The molecule has 4 nitrogen and oxygen atoms in total. The van der Waals surface area contributed by atoms with Crippen LogP contribution in [0.4, 0.5) is 5.69 Å². The second-order valence-electron chi connectivity index (χ2n) is 6.18. The molecule has 24 heavy (non-hydrogen) atoms. The maximum atomic E-state index is 12.7. The molecule has 0 aliphatic rings. The first-order chi connectivity index (χ1) is 11.6. The first-order valence-electron chi connectivity index (χ1n) is 8.22. The highest BCUT2D eigenvalue weighted by Crippen LogP contribution is 2.18. The molecular weight excluding hydrogens is 300 g/mol. The molecule has 0 atom stereocenters. The van der Waals surface area contributed by atoms with E-state index in [-0.39, 0.29) is 18.2 Å². The Balaban J connectivity index is 2.10. The van der Waals surface area contributed by atoms with Crippen molar-refractivity contribution in [1.29, 1.82) is 0 Å². The summed E-state index contributed by atoms with van der Waals surface area (Å²) >= 11 is 0. The number of carbonyl (C=O) groups excluding carboxylic acids is 2. The van der Waals surface area contributed by atoms with Crippen molar-refractivity contribution in [3.63, 3.8) is 0 Å². The van der Waals surface area contributed by atoms with E-state index in [0.29, 0.717) is 19.0 Å². The molecule has 0 bridgehead atoms. The van der Waals surface area contributed by atoms with Crippen LogP contribution in [0.25, 0.3) is 0 Å². The number of hydrogen-bond acceptors (Lipinski definition) is 2. The Morgan fingerprint density at radius 3 is 2.12 bits per heavy atom. The maximum absolute atomic E-state index is 12.7. The quantitative estimate of drug-likeness (QED) is 0.794. The van der Waals surface area contributed by atoms with E-state index in [1.807, 2.05) is 74.5 Å². The Labute approximate surface area is 143 Å². The van der Waals surface area contributed by atoms with Gasteiger partial charge in [0.1, 0.15) is 6.42 Å². The van der Waals surface area contributed by atoms with Crippen LogP contribution in [0.2, 0.25) is 0 Å². The highest BCUT2D eigenvalue weighted by atomic mass is 16.2. The molecule has 126 valence electrons. The zero-order valence-corrected chi connectivity index (χ0v) is 14.2. The normalized spacial score (nSPS) is 10.5. The number of carbonyl (C=O) groups is 2. The van der Waals surface area contributed by atoms with Gasteiger partial charge in [-0.05, 0) is 23.6 Å². The first kappa shape index (κ1) is 17.7. The average molecular weight is 324 g/mol. The van der Waals surface area contributed by atoms with Crippen LogP contribution >= 0.6 is 0 Å². The van der Waals surface area contributed by atoms with E-state index in [2.05, 4.69) is 5.32 Å². The van der Waals surface area contributed by atoms with E-state index < -0.39 is 0 Å². The topological polar surface area (TPSA) is 49.4 Å². The Hall–Kier alpha value is -2.62. The van der Waals surface area contributed by atoms with E-state index in [0.717, 1.165) is 11.3 Å². The molecule has 2 amide bonds. The number of hydrogen-bond donors (Lipinski definition) is 1. The van der Waals surface area contributed by atoms with Crippen LogP contribution in [0, 0.1) is 5.92 Å². The number of anilines is 1. The second kappa shape index (κ2) is 8.87. The fourth-order valence-corrected chi connectivity index (χ4v) is 2.31. The van der Waals surface area contributed by atoms with Gasteiger partial charge in [0.15, 0.2) is 0 Å². The minimum absolute atomic E-state index is 0.144. The van der Waals surface area contributed by atoms with Crippen LogP contribution in [0.3, 0.4) is 0 Å². The van der Waals surface area contributed by atoms with Crippen LogP contribution in [-0.4, -0.2) is 18.4 Å². The summed E-state index contributed by atoms with van der Waals surface area (Å²) in [6.45, 7) is 5.07. The fourth-order valence-electron chi connectivity index (χ4n) is 2.31. The zero-order valence-electron chi connectivity index (χ0n) is 14.2. The molecule has 0 saturated heterocycles. The predicted molar refractivity (Wildman–Crippen MR) is 96.5 cm³/mol. The van der Waals surface area contributed by atoms with Crippen LogP contribution in [-0.2, 0) is 16.1 Å². The molecule has 1 N–H and O–H groups in total. The number of rotatable bonds is 7. The second-order valence-corrected chi connectivity index (χ2v) is 6.18. The summed E-state index contributed by atoms with van der Waals surface area (Å²) in [5.74, 6) is -0.0763. The standard InChI is InChI=1S/C20H24N2O2/c1-16(2)14-21-19(23)13-20(24)22(18-11-7-4-8-12-18)15-17-9-5-3-6-10-17/h3-12,16H,13-15H2,1-2H3,(H,21,23). The van der Waals surface area contributed by atoms with E-state index in [1.165, 1.54) is 0 Å². The van der Waals surface area contributed by atoms with Crippen molar-refractivity contribution in [2.45, 2.75) is 26.8 Å². The number of nitrogens with zero attached hydrogens (tertiary/aromatic N) is 1. The van der Waals surface area contributed by atoms with Gasteiger partial charge in [-0.25, -0.2) is 0 Å². The monoisotopic (exact) mass is 324 g/mol. The summed E-state index contributed by atoms with van der Waals surface area (Å²) in [4.78, 5) is 26.3. The van der Waals surface area contributed by atoms with Crippen LogP contribution in [0.1, 0.15) is 25.8 Å². The van der Waals surface area contributed by atoms with E-state index in [9.17, 15) is 9.59 Å². The molecule has 0 aliphatic carbocycles.